The van der Waals surface area contributed by atoms with Crippen LogP contribution in [0.1, 0.15) is 44.6 Å². The average Bonchev–Trinajstić information content (AvgIpc) is 2.55. The number of rotatable bonds is 7. The third-order valence-electron chi connectivity index (χ3n) is 4.35. The van der Waals surface area contributed by atoms with Gasteiger partial charge in [0.25, 0.3) is 0 Å². The zero-order chi connectivity index (χ0) is 16.7. The van der Waals surface area contributed by atoms with Gasteiger partial charge >= 0.3 is 0 Å². The van der Waals surface area contributed by atoms with Crippen molar-refractivity contribution in [2.75, 3.05) is 13.1 Å². The minimum atomic E-state index is -0.474. The molecule has 1 heterocycles. The Morgan fingerprint density at radius 1 is 1.39 bits per heavy atom. The van der Waals surface area contributed by atoms with Crippen molar-refractivity contribution in [3.8, 4) is 0 Å². The van der Waals surface area contributed by atoms with E-state index in [0.29, 0.717) is 19.5 Å². The maximum absolute atomic E-state index is 13.0. The summed E-state index contributed by atoms with van der Waals surface area (Å²) >= 11 is 0. The molecule has 1 aliphatic rings. The van der Waals surface area contributed by atoms with Crippen LogP contribution in [0.4, 0.5) is 4.39 Å². The number of benzene rings is 1. The van der Waals surface area contributed by atoms with Crippen LogP contribution in [0.25, 0.3) is 0 Å². The van der Waals surface area contributed by atoms with Crippen molar-refractivity contribution in [2.24, 2.45) is 0 Å². The number of aliphatic hydroxyl groups is 1. The van der Waals surface area contributed by atoms with E-state index in [1.807, 2.05) is 6.92 Å². The van der Waals surface area contributed by atoms with Gasteiger partial charge in [-0.2, -0.15) is 0 Å². The predicted molar refractivity (Wildman–Crippen MR) is 88.4 cm³/mol. The number of nitrogens with one attached hydrogen (secondary N) is 1. The molecule has 1 aliphatic heterocycles. The Kier molecular flexibility index (Phi) is 6.99. The van der Waals surface area contributed by atoms with E-state index in [2.05, 4.69) is 10.2 Å². The molecule has 5 heteroatoms. The molecule has 0 aromatic heterocycles. The molecule has 1 fully saturated rings. The van der Waals surface area contributed by atoms with Gasteiger partial charge in [-0.3, -0.25) is 9.69 Å². The first-order valence-electron chi connectivity index (χ1n) is 8.54. The summed E-state index contributed by atoms with van der Waals surface area (Å²) in [6.07, 6.45) is 4.06. The van der Waals surface area contributed by atoms with E-state index in [9.17, 15) is 14.3 Å². The van der Waals surface area contributed by atoms with Crippen LogP contribution in [-0.4, -0.2) is 41.1 Å². The minimum absolute atomic E-state index is 0.0121. The number of aliphatic hydroxyl groups excluding tert-OH is 1. The zero-order valence-corrected chi connectivity index (χ0v) is 13.8. The van der Waals surface area contributed by atoms with Crippen LogP contribution in [-0.2, 0) is 11.3 Å². The highest BCUT2D eigenvalue weighted by Gasteiger charge is 2.28. The molecule has 1 aromatic rings. The van der Waals surface area contributed by atoms with Crippen molar-refractivity contribution in [2.45, 2.75) is 57.7 Å². The van der Waals surface area contributed by atoms with E-state index in [1.54, 1.807) is 12.1 Å². The number of hydrogen-bond donors (Lipinski definition) is 2. The number of halogens is 1. The molecular formula is C18H27FN2O2. The Labute approximate surface area is 137 Å². The largest absolute Gasteiger partial charge is 0.391 e. The van der Waals surface area contributed by atoms with Crippen LogP contribution in [0.5, 0.6) is 0 Å². The number of hydrogen-bond acceptors (Lipinski definition) is 3. The van der Waals surface area contributed by atoms with Crippen molar-refractivity contribution in [3.63, 3.8) is 0 Å². The van der Waals surface area contributed by atoms with Crippen molar-refractivity contribution in [1.29, 1.82) is 0 Å². The standard InChI is InChI=1S/C18H27FN2O2/c1-2-5-16(22)12-20-18(23)17-6-3-4-11-21(17)13-14-7-9-15(19)10-8-14/h7-10,16-17,22H,2-6,11-13H2,1H3,(H,20,23). The molecule has 2 atom stereocenters. The quantitative estimate of drug-likeness (QED) is 0.811. The molecule has 2 unspecified atom stereocenters. The molecule has 1 aromatic carbocycles. The summed E-state index contributed by atoms with van der Waals surface area (Å²) in [5.74, 6) is -0.256. The van der Waals surface area contributed by atoms with E-state index in [1.165, 1.54) is 12.1 Å². The van der Waals surface area contributed by atoms with Gasteiger partial charge < -0.3 is 10.4 Å². The fourth-order valence-corrected chi connectivity index (χ4v) is 3.07. The highest BCUT2D eigenvalue weighted by Crippen LogP contribution is 2.20. The van der Waals surface area contributed by atoms with Crippen LogP contribution < -0.4 is 5.32 Å². The molecule has 0 bridgehead atoms. The molecule has 128 valence electrons. The summed E-state index contributed by atoms with van der Waals surface area (Å²) in [7, 11) is 0. The van der Waals surface area contributed by atoms with Crippen LogP contribution in [0, 0.1) is 5.82 Å². The number of piperidine rings is 1. The second-order valence-electron chi connectivity index (χ2n) is 6.30. The van der Waals surface area contributed by atoms with E-state index in [-0.39, 0.29) is 17.8 Å². The van der Waals surface area contributed by atoms with Crippen molar-refractivity contribution >= 4 is 5.91 Å². The smallest absolute Gasteiger partial charge is 0.237 e. The van der Waals surface area contributed by atoms with E-state index in [4.69, 9.17) is 0 Å². The van der Waals surface area contributed by atoms with Gasteiger partial charge in [-0.1, -0.05) is 31.9 Å². The lowest BCUT2D eigenvalue weighted by atomic mass is 10.00. The molecule has 0 saturated carbocycles. The zero-order valence-electron chi connectivity index (χ0n) is 13.8. The Morgan fingerprint density at radius 3 is 2.83 bits per heavy atom. The molecule has 23 heavy (non-hydrogen) atoms. The fourth-order valence-electron chi connectivity index (χ4n) is 3.07. The Morgan fingerprint density at radius 2 is 2.13 bits per heavy atom. The van der Waals surface area contributed by atoms with Gasteiger partial charge in [0.2, 0.25) is 5.91 Å². The number of nitrogens with zero attached hydrogens (tertiary/aromatic N) is 1. The number of amides is 1. The third kappa shape index (κ3) is 5.59. The number of carbonyl (C=O) groups is 1. The summed E-state index contributed by atoms with van der Waals surface area (Å²) in [6, 6.07) is 6.28. The maximum atomic E-state index is 13.0. The maximum Gasteiger partial charge on any atom is 0.237 e. The van der Waals surface area contributed by atoms with Gasteiger partial charge in [0.1, 0.15) is 5.82 Å². The topological polar surface area (TPSA) is 52.6 Å². The lowest BCUT2D eigenvalue weighted by molar-refractivity contribution is -0.128. The van der Waals surface area contributed by atoms with Gasteiger partial charge in [0.05, 0.1) is 12.1 Å². The Balaban J connectivity index is 1.92. The predicted octanol–water partition coefficient (Wildman–Crippen LogP) is 2.46. The van der Waals surface area contributed by atoms with Gasteiger partial charge in [-0.05, 0) is 43.5 Å². The molecule has 0 aliphatic carbocycles. The van der Waals surface area contributed by atoms with Crippen LogP contribution >= 0.6 is 0 Å². The first kappa shape index (κ1) is 17.9. The lowest BCUT2D eigenvalue weighted by Gasteiger charge is -2.34. The van der Waals surface area contributed by atoms with Gasteiger partial charge in [-0.25, -0.2) is 4.39 Å². The van der Waals surface area contributed by atoms with Crippen LogP contribution in [0.3, 0.4) is 0 Å². The summed E-state index contributed by atoms with van der Waals surface area (Å²) in [6.45, 7) is 3.84. The van der Waals surface area contributed by atoms with E-state index in [0.717, 1.165) is 37.8 Å². The van der Waals surface area contributed by atoms with Crippen LogP contribution in [0.2, 0.25) is 0 Å². The molecule has 2 rings (SSSR count). The highest BCUT2D eigenvalue weighted by molar-refractivity contribution is 5.81. The van der Waals surface area contributed by atoms with E-state index >= 15 is 0 Å². The molecular weight excluding hydrogens is 295 g/mol. The number of carbonyl (C=O) groups excluding carboxylic acids is 1. The SMILES string of the molecule is CCCC(O)CNC(=O)C1CCCCN1Cc1ccc(F)cc1. The molecule has 1 amide bonds. The van der Waals surface area contributed by atoms with Gasteiger partial charge in [0.15, 0.2) is 0 Å². The molecule has 1 saturated heterocycles. The second kappa shape index (κ2) is 8.99. The normalized spacial score (nSPS) is 20.2. The molecule has 0 radical (unpaired) electrons. The van der Waals surface area contributed by atoms with Crippen LogP contribution in [0.15, 0.2) is 24.3 Å². The summed E-state index contributed by atoms with van der Waals surface area (Å²) in [5.41, 5.74) is 1.01. The molecule has 0 spiro atoms. The Bertz CT molecular complexity index is 492. The van der Waals surface area contributed by atoms with Crippen molar-refractivity contribution in [1.82, 2.24) is 10.2 Å². The fraction of sp³-hybridized carbons (Fsp3) is 0.611. The number of likely N-dealkylation sites (tertiary alicyclic amines) is 1. The second-order valence-corrected chi connectivity index (χ2v) is 6.30. The third-order valence-corrected chi connectivity index (χ3v) is 4.35. The summed E-state index contributed by atoms with van der Waals surface area (Å²) in [5, 5.41) is 12.6. The highest BCUT2D eigenvalue weighted by atomic mass is 19.1. The van der Waals surface area contributed by atoms with Crippen molar-refractivity contribution < 1.29 is 14.3 Å². The average molecular weight is 322 g/mol. The first-order valence-corrected chi connectivity index (χ1v) is 8.54. The molecule has 2 N–H and O–H groups in total. The Hall–Kier alpha value is -1.46. The summed E-state index contributed by atoms with van der Waals surface area (Å²) in [4.78, 5) is 14.6. The molecule has 4 nitrogen and oxygen atoms in total. The van der Waals surface area contributed by atoms with E-state index < -0.39 is 6.10 Å². The lowest BCUT2D eigenvalue weighted by Crippen LogP contribution is -2.50. The monoisotopic (exact) mass is 322 g/mol. The van der Waals surface area contributed by atoms with Gasteiger partial charge in [0, 0.05) is 13.1 Å². The summed E-state index contributed by atoms with van der Waals surface area (Å²) < 4.78 is 13.0. The van der Waals surface area contributed by atoms with Gasteiger partial charge in [-0.15, -0.1) is 0 Å². The minimum Gasteiger partial charge on any atom is -0.391 e. The van der Waals surface area contributed by atoms with Crippen molar-refractivity contribution in [3.05, 3.63) is 35.6 Å². The first-order chi connectivity index (χ1) is 11.1.